The third-order valence-electron chi connectivity index (χ3n) is 2.76. The Morgan fingerprint density at radius 1 is 1.15 bits per heavy atom. The van der Waals surface area contributed by atoms with Gasteiger partial charge in [0.15, 0.2) is 5.78 Å². The Balaban J connectivity index is 2.44. The normalized spacial score (nSPS) is 10.4. The van der Waals surface area contributed by atoms with Crippen LogP contribution in [-0.2, 0) is 0 Å². The first-order valence-corrected chi connectivity index (χ1v) is 6.58. The fourth-order valence-electron chi connectivity index (χ4n) is 1.68. The summed E-state index contributed by atoms with van der Waals surface area (Å²) in [5.74, 6) is -0.0154. The van der Waals surface area contributed by atoms with Gasteiger partial charge in [0.1, 0.15) is 17.3 Å². The van der Waals surface area contributed by atoms with Crippen molar-refractivity contribution in [1.82, 2.24) is 0 Å². The Bertz CT molecular complexity index is 684. The van der Waals surface area contributed by atoms with Crippen LogP contribution in [0, 0.1) is 12.7 Å². The second kappa shape index (κ2) is 5.81. The molecule has 104 valence electrons. The van der Waals surface area contributed by atoms with E-state index in [2.05, 4.69) is 0 Å². The van der Waals surface area contributed by atoms with Gasteiger partial charge in [-0.1, -0.05) is 23.2 Å². The highest BCUT2D eigenvalue weighted by molar-refractivity contribution is 6.42. The molecule has 20 heavy (non-hydrogen) atoms. The summed E-state index contributed by atoms with van der Waals surface area (Å²) in [6.45, 7) is 2.95. The summed E-state index contributed by atoms with van der Waals surface area (Å²) >= 11 is 11.7. The Kier molecular flexibility index (Phi) is 4.31. The number of aryl methyl sites for hydroxylation is 1. The molecule has 0 saturated heterocycles. The van der Waals surface area contributed by atoms with E-state index < -0.39 is 5.82 Å². The van der Waals surface area contributed by atoms with Gasteiger partial charge < -0.3 is 4.74 Å². The molecule has 0 aliphatic heterocycles. The zero-order chi connectivity index (χ0) is 14.9. The maximum absolute atomic E-state index is 13.5. The lowest BCUT2D eigenvalue weighted by molar-refractivity contribution is 0.101. The van der Waals surface area contributed by atoms with E-state index in [1.165, 1.54) is 25.1 Å². The number of Topliss-reactive ketones (excluding diaryl/α,β-unsaturated/α-hetero) is 1. The summed E-state index contributed by atoms with van der Waals surface area (Å²) in [6, 6.07) is 7.39. The number of hydrogen-bond donors (Lipinski definition) is 0. The highest BCUT2D eigenvalue weighted by atomic mass is 35.5. The van der Waals surface area contributed by atoms with Gasteiger partial charge in [0.25, 0.3) is 0 Å². The fourth-order valence-corrected chi connectivity index (χ4v) is 1.97. The number of hydrogen-bond acceptors (Lipinski definition) is 2. The van der Waals surface area contributed by atoms with E-state index in [-0.39, 0.29) is 17.1 Å². The van der Waals surface area contributed by atoms with Gasteiger partial charge in [-0.25, -0.2) is 4.39 Å². The predicted molar refractivity (Wildman–Crippen MR) is 77.7 cm³/mol. The van der Waals surface area contributed by atoms with Gasteiger partial charge in [0.05, 0.1) is 15.6 Å². The third-order valence-corrected chi connectivity index (χ3v) is 3.50. The zero-order valence-corrected chi connectivity index (χ0v) is 12.3. The van der Waals surface area contributed by atoms with Crippen LogP contribution in [0.15, 0.2) is 30.3 Å². The molecule has 0 radical (unpaired) electrons. The van der Waals surface area contributed by atoms with Crippen molar-refractivity contribution in [2.75, 3.05) is 0 Å². The first kappa shape index (κ1) is 14.8. The van der Waals surface area contributed by atoms with E-state index in [1.54, 1.807) is 19.1 Å². The standard InChI is InChI=1S/C15H11Cl2FO2/c1-8-5-15(11(9(2)19)7-14(8)18)20-10-3-4-12(16)13(17)6-10/h3-7H,1-2H3. The quantitative estimate of drug-likeness (QED) is 0.706. The molecule has 0 amide bonds. The van der Waals surface area contributed by atoms with E-state index in [0.717, 1.165) is 0 Å². The van der Waals surface area contributed by atoms with Crippen LogP contribution >= 0.6 is 23.2 Å². The van der Waals surface area contributed by atoms with Crippen molar-refractivity contribution in [1.29, 1.82) is 0 Å². The highest BCUT2D eigenvalue weighted by Crippen LogP contribution is 2.32. The van der Waals surface area contributed by atoms with Crippen LogP contribution in [0.4, 0.5) is 4.39 Å². The number of rotatable bonds is 3. The lowest BCUT2D eigenvalue weighted by Crippen LogP contribution is -2.00. The van der Waals surface area contributed by atoms with Crippen LogP contribution in [0.3, 0.4) is 0 Å². The van der Waals surface area contributed by atoms with Crippen LogP contribution in [0.1, 0.15) is 22.8 Å². The van der Waals surface area contributed by atoms with Gasteiger partial charge in [0.2, 0.25) is 0 Å². The largest absolute Gasteiger partial charge is 0.457 e. The number of halogens is 3. The predicted octanol–water partition coefficient (Wildman–Crippen LogP) is 5.44. The zero-order valence-electron chi connectivity index (χ0n) is 10.8. The van der Waals surface area contributed by atoms with Crippen molar-refractivity contribution in [3.8, 4) is 11.5 Å². The van der Waals surface area contributed by atoms with Crippen molar-refractivity contribution in [3.63, 3.8) is 0 Å². The number of carbonyl (C=O) groups is 1. The van der Waals surface area contributed by atoms with Gasteiger partial charge in [0, 0.05) is 6.07 Å². The van der Waals surface area contributed by atoms with Gasteiger partial charge in [-0.3, -0.25) is 4.79 Å². The minimum atomic E-state index is -0.448. The molecule has 0 aromatic heterocycles. The first-order chi connectivity index (χ1) is 9.38. The van der Waals surface area contributed by atoms with Crippen molar-refractivity contribution in [2.45, 2.75) is 13.8 Å². The van der Waals surface area contributed by atoms with E-state index in [4.69, 9.17) is 27.9 Å². The number of benzene rings is 2. The lowest BCUT2D eigenvalue weighted by atomic mass is 10.1. The molecule has 0 fully saturated rings. The molecule has 0 N–H and O–H groups in total. The van der Waals surface area contributed by atoms with Crippen molar-refractivity contribution in [2.24, 2.45) is 0 Å². The third kappa shape index (κ3) is 3.11. The van der Waals surface area contributed by atoms with E-state index >= 15 is 0 Å². The van der Waals surface area contributed by atoms with Crippen molar-refractivity contribution < 1.29 is 13.9 Å². The number of ketones is 1. The Labute approximate surface area is 126 Å². The van der Waals surface area contributed by atoms with E-state index in [1.807, 2.05) is 0 Å². The molecule has 2 nitrogen and oxygen atoms in total. The molecular formula is C15H11Cl2FO2. The maximum Gasteiger partial charge on any atom is 0.163 e. The monoisotopic (exact) mass is 312 g/mol. The van der Waals surface area contributed by atoms with Gasteiger partial charge >= 0.3 is 0 Å². The van der Waals surface area contributed by atoms with Crippen LogP contribution in [-0.4, -0.2) is 5.78 Å². The Hall–Kier alpha value is -1.58. The number of carbonyl (C=O) groups excluding carboxylic acids is 1. The van der Waals surface area contributed by atoms with Crippen molar-refractivity contribution >= 4 is 29.0 Å². The highest BCUT2D eigenvalue weighted by Gasteiger charge is 2.13. The summed E-state index contributed by atoms with van der Waals surface area (Å²) in [6.07, 6.45) is 0. The number of ether oxygens (including phenoxy) is 1. The molecule has 2 rings (SSSR count). The fraction of sp³-hybridized carbons (Fsp3) is 0.133. The summed E-state index contributed by atoms with van der Waals surface area (Å²) in [5, 5.41) is 0.744. The van der Waals surface area contributed by atoms with Gasteiger partial charge in [-0.15, -0.1) is 0 Å². The minimum absolute atomic E-state index is 0.180. The topological polar surface area (TPSA) is 26.3 Å². The molecule has 0 bridgehead atoms. The molecule has 0 atom stereocenters. The molecule has 2 aromatic rings. The molecule has 5 heteroatoms. The average molecular weight is 313 g/mol. The lowest BCUT2D eigenvalue weighted by Gasteiger charge is -2.11. The molecule has 0 aliphatic carbocycles. The van der Waals surface area contributed by atoms with E-state index in [0.29, 0.717) is 21.4 Å². The Morgan fingerprint density at radius 2 is 1.85 bits per heavy atom. The SMILES string of the molecule is CC(=O)c1cc(F)c(C)cc1Oc1ccc(Cl)c(Cl)c1. The molecule has 0 spiro atoms. The first-order valence-electron chi connectivity index (χ1n) is 5.82. The summed E-state index contributed by atoms with van der Waals surface area (Å²) in [4.78, 5) is 11.5. The van der Waals surface area contributed by atoms with Crippen LogP contribution in [0.5, 0.6) is 11.5 Å². The minimum Gasteiger partial charge on any atom is -0.457 e. The van der Waals surface area contributed by atoms with Crippen LogP contribution < -0.4 is 4.74 Å². The summed E-state index contributed by atoms with van der Waals surface area (Å²) in [7, 11) is 0. The average Bonchev–Trinajstić information content (AvgIpc) is 2.37. The van der Waals surface area contributed by atoms with Crippen LogP contribution in [0.2, 0.25) is 10.0 Å². The molecule has 0 aliphatic rings. The second-order valence-electron chi connectivity index (χ2n) is 4.33. The van der Waals surface area contributed by atoms with Crippen molar-refractivity contribution in [3.05, 3.63) is 57.3 Å². The molecule has 2 aromatic carbocycles. The second-order valence-corrected chi connectivity index (χ2v) is 5.15. The maximum atomic E-state index is 13.5. The molecule has 0 saturated carbocycles. The molecule has 0 unspecified atom stereocenters. The summed E-state index contributed by atoms with van der Waals surface area (Å²) < 4.78 is 19.1. The van der Waals surface area contributed by atoms with Gasteiger partial charge in [-0.05, 0) is 43.7 Å². The molecular weight excluding hydrogens is 302 g/mol. The van der Waals surface area contributed by atoms with Gasteiger partial charge in [-0.2, -0.15) is 0 Å². The molecule has 0 heterocycles. The Morgan fingerprint density at radius 3 is 2.45 bits per heavy atom. The van der Waals surface area contributed by atoms with Crippen LogP contribution in [0.25, 0.3) is 0 Å². The van der Waals surface area contributed by atoms with E-state index in [9.17, 15) is 9.18 Å². The summed E-state index contributed by atoms with van der Waals surface area (Å²) in [5.41, 5.74) is 0.573. The smallest absolute Gasteiger partial charge is 0.163 e.